The van der Waals surface area contributed by atoms with Crippen molar-refractivity contribution in [3.8, 4) is 0 Å². The predicted octanol–water partition coefficient (Wildman–Crippen LogP) is 4.00. The third-order valence-corrected chi connectivity index (χ3v) is 2.73. The van der Waals surface area contributed by atoms with E-state index in [-0.39, 0.29) is 11.0 Å². The number of unbranched alkanes of at least 4 members (excludes halogenated alkanes) is 3. The highest BCUT2D eigenvalue weighted by Crippen LogP contribution is 2.16. The van der Waals surface area contributed by atoms with Crippen LogP contribution in [0.15, 0.2) is 0 Å². The van der Waals surface area contributed by atoms with Gasteiger partial charge in [0.2, 0.25) is 0 Å². The highest BCUT2D eigenvalue weighted by atomic mass is 16.5. The Kier molecular flexibility index (Phi) is 8.06. The van der Waals surface area contributed by atoms with Crippen molar-refractivity contribution in [2.24, 2.45) is 5.41 Å². The van der Waals surface area contributed by atoms with Crippen molar-refractivity contribution in [2.75, 3.05) is 19.8 Å². The van der Waals surface area contributed by atoms with Crippen LogP contribution in [0.1, 0.15) is 67.2 Å². The van der Waals surface area contributed by atoms with E-state index in [2.05, 4.69) is 46.9 Å². The van der Waals surface area contributed by atoms with E-state index in [9.17, 15) is 0 Å². The Morgan fingerprint density at radius 3 is 2.12 bits per heavy atom. The van der Waals surface area contributed by atoms with Gasteiger partial charge >= 0.3 is 0 Å². The van der Waals surface area contributed by atoms with Crippen molar-refractivity contribution < 1.29 is 4.74 Å². The molecule has 0 aliphatic carbocycles. The summed E-state index contributed by atoms with van der Waals surface area (Å²) in [5.41, 5.74) is 0.413. The molecule has 0 aromatic rings. The van der Waals surface area contributed by atoms with Crippen LogP contribution in [0.5, 0.6) is 0 Å². The van der Waals surface area contributed by atoms with E-state index in [1.54, 1.807) is 0 Å². The minimum absolute atomic E-state index is 0.193. The first-order valence-electron chi connectivity index (χ1n) is 7.10. The van der Waals surface area contributed by atoms with E-state index in [1.807, 2.05) is 0 Å². The second-order valence-electron chi connectivity index (χ2n) is 6.88. The van der Waals surface area contributed by atoms with E-state index in [0.29, 0.717) is 0 Å². The fourth-order valence-corrected chi connectivity index (χ4v) is 1.53. The lowest BCUT2D eigenvalue weighted by molar-refractivity contribution is 0.0566. The summed E-state index contributed by atoms with van der Waals surface area (Å²) < 4.78 is 5.77. The first-order valence-corrected chi connectivity index (χ1v) is 7.10. The molecule has 0 saturated heterocycles. The first-order chi connectivity index (χ1) is 7.77. The lowest BCUT2D eigenvalue weighted by Gasteiger charge is -2.30. The van der Waals surface area contributed by atoms with Crippen molar-refractivity contribution in [1.29, 1.82) is 0 Å². The van der Waals surface area contributed by atoms with Gasteiger partial charge in [0.05, 0.1) is 6.61 Å². The van der Waals surface area contributed by atoms with Gasteiger partial charge in [-0.05, 0) is 27.2 Å². The summed E-state index contributed by atoms with van der Waals surface area (Å²) in [5.74, 6) is 0. The SMILES string of the molecule is CCCCCCOCC(C)(C)CNC(C)(C)C. The minimum atomic E-state index is 0.193. The fourth-order valence-electron chi connectivity index (χ4n) is 1.53. The molecule has 2 nitrogen and oxygen atoms in total. The Morgan fingerprint density at radius 2 is 1.59 bits per heavy atom. The standard InChI is InChI=1S/C15H33NO/c1-7-8-9-10-11-17-13-15(5,6)12-16-14(2,3)4/h16H,7-13H2,1-6H3. The van der Waals surface area contributed by atoms with Crippen molar-refractivity contribution in [3.05, 3.63) is 0 Å². The van der Waals surface area contributed by atoms with Gasteiger partial charge in [-0.15, -0.1) is 0 Å². The molecule has 0 aliphatic heterocycles. The third-order valence-electron chi connectivity index (χ3n) is 2.73. The van der Waals surface area contributed by atoms with Crippen LogP contribution in [-0.4, -0.2) is 25.3 Å². The monoisotopic (exact) mass is 243 g/mol. The number of nitrogens with one attached hydrogen (secondary N) is 1. The molecule has 17 heavy (non-hydrogen) atoms. The number of rotatable bonds is 9. The maximum absolute atomic E-state index is 5.77. The molecule has 0 aliphatic rings. The van der Waals surface area contributed by atoms with E-state index < -0.39 is 0 Å². The topological polar surface area (TPSA) is 21.3 Å². The van der Waals surface area contributed by atoms with Crippen molar-refractivity contribution in [3.63, 3.8) is 0 Å². The molecule has 0 radical (unpaired) electrons. The highest BCUT2D eigenvalue weighted by molar-refractivity contribution is 4.77. The molecule has 1 N–H and O–H groups in total. The second-order valence-corrected chi connectivity index (χ2v) is 6.88. The second kappa shape index (κ2) is 8.10. The lowest BCUT2D eigenvalue weighted by Crippen LogP contribution is -2.43. The van der Waals surface area contributed by atoms with Crippen LogP contribution in [0.3, 0.4) is 0 Å². The van der Waals surface area contributed by atoms with E-state index in [1.165, 1.54) is 25.7 Å². The molecule has 0 bridgehead atoms. The highest BCUT2D eigenvalue weighted by Gasteiger charge is 2.20. The molecule has 0 aromatic heterocycles. The van der Waals surface area contributed by atoms with E-state index in [4.69, 9.17) is 4.74 Å². The Balaban J connectivity index is 3.57. The van der Waals surface area contributed by atoms with Crippen molar-refractivity contribution in [1.82, 2.24) is 5.32 Å². The zero-order valence-corrected chi connectivity index (χ0v) is 12.9. The van der Waals surface area contributed by atoms with Gasteiger partial charge in [0.15, 0.2) is 0 Å². The molecule has 0 fully saturated rings. The van der Waals surface area contributed by atoms with Crippen LogP contribution in [0.2, 0.25) is 0 Å². The van der Waals surface area contributed by atoms with E-state index in [0.717, 1.165) is 19.8 Å². The normalized spacial score (nSPS) is 13.1. The fraction of sp³-hybridized carbons (Fsp3) is 1.00. The van der Waals surface area contributed by atoms with E-state index >= 15 is 0 Å². The van der Waals surface area contributed by atoms with Crippen LogP contribution in [0, 0.1) is 5.41 Å². The summed E-state index contributed by atoms with van der Waals surface area (Å²) in [7, 11) is 0. The average Bonchev–Trinajstić information content (AvgIpc) is 2.20. The molecule has 104 valence electrons. The summed E-state index contributed by atoms with van der Waals surface area (Å²) >= 11 is 0. The Hall–Kier alpha value is -0.0800. The van der Waals surface area contributed by atoms with Gasteiger partial charge in [-0.3, -0.25) is 0 Å². The third kappa shape index (κ3) is 12.2. The summed E-state index contributed by atoms with van der Waals surface area (Å²) in [4.78, 5) is 0. The van der Waals surface area contributed by atoms with Gasteiger partial charge in [0, 0.05) is 24.1 Å². The molecular formula is C15H33NO. The summed E-state index contributed by atoms with van der Waals surface area (Å²) in [6, 6.07) is 0. The predicted molar refractivity (Wildman–Crippen MR) is 76.5 cm³/mol. The minimum Gasteiger partial charge on any atom is -0.381 e. The van der Waals surface area contributed by atoms with Crippen LogP contribution < -0.4 is 5.32 Å². The van der Waals surface area contributed by atoms with Crippen LogP contribution in [-0.2, 0) is 4.74 Å². The Labute approximate surface area is 109 Å². The van der Waals surface area contributed by atoms with Gasteiger partial charge in [-0.1, -0.05) is 40.0 Å². The molecule has 0 saturated carbocycles. The maximum atomic E-state index is 5.77. The maximum Gasteiger partial charge on any atom is 0.0529 e. The van der Waals surface area contributed by atoms with Crippen LogP contribution >= 0.6 is 0 Å². The molecule has 2 heteroatoms. The van der Waals surface area contributed by atoms with Crippen LogP contribution in [0.4, 0.5) is 0 Å². The van der Waals surface area contributed by atoms with Gasteiger partial charge in [0.1, 0.15) is 0 Å². The van der Waals surface area contributed by atoms with Crippen LogP contribution in [0.25, 0.3) is 0 Å². The first kappa shape index (κ1) is 16.9. The van der Waals surface area contributed by atoms with Gasteiger partial charge < -0.3 is 10.1 Å². The largest absolute Gasteiger partial charge is 0.381 e. The molecule has 0 unspecified atom stereocenters. The number of hydrogen-bond acceptors (Lipinski definition) is 2. The number of ether oxygens (including phenoxy) is 1. The average molecular weight is 243 g/mol. The van der Waals surface area contributed by atoms with Crippen molar-refractivity contribution >= 4 is 0 Å². The zero-order valence-electron chi connectivity index (χ0n) is 12.9. The summed E-state index contributed by atoms with van der Waals surface area (Å²) in [5, 5.41) is 3.54. The molecule has 0 amide bonds. The smallest absolute Gasteiger partial charge is 0.0529 e. The zero-order chi connectivity index (χ0) is 13.4. The van der Waals surface area contributed by atoms with Gasteiger partial charge in [-0.25, -0.2) is 0 Å². The number of hydrogen-bond donors (Lipinski definition) is 1. The summed E-state index contributed by atoms with van der Waals surface area (Å²) in [6.07, 6.45) is 5.13. The Bertz CT molecular complexity index is 182. The van der Waals surface area contributed by atoms with Crippen molar-refractivity contribution in [2.45, 2.75) is 72.8 Å². The molecular weight excluding hydrogens is 210 g/mol. The molecule has 0 atom stereocenters. The molecule has 0 spiro atoms. The van der Waals surface area contributed by atoms with Gasteiger partial charge in [-0.2, -0.15) is 0 Å². The lowest BCUT2D eigenvalue weighted by atomic mass is 9.93. The molecule has 0 aromatic carbocycles. The Morgan fingerprint density at radius 1 is 0.941 bits per heavy atom. The summed E-state index contributed by atoms with van der Waals surface area (Å²) in [6.45, 7) is 16.1. The molecule has 0 rings (SSSR count). The quantitative estimate of drug-likeness (QED) is 0.618. The van der Waals surface area contributed by atoms with Gasteiger partial charge in [0.25, 0.3) is 0 Å². The molecule has 0 heterocycles.